The molecule has 4 rings (SSSR count). The Morgan fingerprint density at radius 3 is 2.60 bits per heavy atom. The normalized spacial score (nSPS) is 18.1. The van der Waals surface area contributed by atoms with Gasteiger partial charge in [0, 0.05) is 11.3 Å². The second-order valence-corrected chi connectivity index (χ2v) is 7.23. The van der Waals surface area contributed by atoms with Gasteiger partial charge in [-0.3, -0.25) is 14.9 Å². The summed E-state index contributed by atoms with van der Waals surface area (Å²) in [5.41, 5.74) is 1.28. The molecular formula is C22H20N4O4. The number of nitrogens with one attached hydrogen (secondary N) is 3. The van der Waals surface area contributed by atoms with E-state index in [1.54, 1.807) is 38.1 Å². The molecule has 8 heteroatoms. The van der Waals surface area contributed by atoms with E-state index in [-0.39, 0.29) is 12.3 Å². The fourth-order valence-corrected chi connectivity index (χ4v) is 3.31. The number of imide groups is 1. The third-order valence-electron chi connectivity index (χ3n) is 5.01. The number of amides is 4. The maximum Gasteiger partial charge on any atom is 0.322 e. The zero-order valence-corrected chi connectivity index (χ0v) is 16.5. The van der Waals surface area contributed by atoms with Gasteiger partial charge in [-0.15, -0.1) is 0 Å². The molecule has 4 amide bonds. The Kier molecular flexibility index (Phi) is 4.83. The maximum absolute atomic E-state index is 12.6. The Hall–Kier alpha value is -3.94. The second-order valence-electron chi connectivity index (χ2n) is 7.23. The quantitative estimate of drug-likeness (QED) is 0.566. The fraction of sp³-hybridized carbons (Fsp3) is 0.182. The summed E-state index contributed by atoms with van der Waals surface area (Å²) in [4.78, 5) is 40.7. The molecule has 1 aliphatic heterocycles. The first-order chi connectivity index (χ1) is 14.3. The molecule has 0 bridgehead atoms. The van der Waals surface area contributed by atoms with Crippen molar-refractivity contribution in [2.24, 2.45) is 0 Å². The highest BCUT2D eigenvalue weighted by atomic mass is 16.4. The molecule has 3 aromatic rings. The largest absolute Gasteiger partial charge is 0.441 e. The van der Waals surface area contributed by atoms with Crippen molar-refractivity contribution in [3.05, 3.63) is 71.6 Å². The van der Waals surface area contributed by atoms with Gasteiger partial charge in [0.05, 0.1) is 12.1 Å². The Morgan fingerprint density at radius 1 is 1.13 bits per heavy atom. The number of hydrogen-bond donors (Lipinski definition) is 3. The minimum atomic E-state index is -1.19. The molecular weight excluding hydrogens is 384 g/mol. The molecule has 0 aliphatic carbocycles. The van der Waals surface area contributed by atoms with E-state index in [1.807, 2.05) is 30.3 Å². The highest BCUT2D eigenvalue weighted by Gasteiger charge is 2.43. The third kappa shape index (κ3) is 3.67. The Balaban J connectivity index is 1.48. The lowest BCUT2D eigenvalue weighted by atomic mass is 9.92. The Bertz CT molecular complexity index is 1140. The molecule has 1 aromatic heterocycles. The molecule has 2 heterocycles. The zero-order chi connectivity index (χ0) is 21.3. The number of carbonyl (C=O) groups is 3. The third-order valence-corrected chi connectivity index (χ3v) is 5.01. The first-order valence-electron chi connectivity index (χ1n) is 9.41. The molecule has 1 saturated heterocycles. The van der Waals surface area contributed by atoms with Crippen molar-refractivity contribution < 1.29 is 18.8 Å². The number of aryl methyl sites for hydroxylation is 1. The fourth-order valence-electron chi connectivity index (χ4n) is 3.31. The lowest BCUT2D eigenvalue weighted by Gasteiger charge is -2.21. The van der Waals surface area contributed by atoms with Gasteiger partial charge in [0.2, 0.25) is 11.8 Å². The molecule has 0 saturated carbocycles. The average Bonchev–Trinajstić information content (AvgIpc) is 3.21. The van der Waals surface area contributed by atoms with Gasteiger partial charge >= 0.3 is 6.03 Å². The van der Waals surface area contributed by atoms with Gasteiger partial charge in [0.1, 0.15) is 11.3 Å². The van der Waals surface area contributed by atoms with E-state index >= 15 is 0 Å². The van der Waals surface area contributed by atoms with Crippen molar-refractivity contribution in [1.82, 2.24) is 15.6 Å². The van der Waals surface area contributed by atoms with Crippen LogP contribution in [0, 0.1) is 6.92 Å². The molecule has 1 atom stereocenters. The number of carbonyl (C=O) groups excluding carboxylic acids is 3. The SMILES string of the molecule is Cc1oc(-c2ccccc2)nc1CC(=O)Nc1cccc([C@]2(C)NC(=O)NC2=O)c1. The van der Waals surface area contributed by atoms with Gasteiger partial charge in [-0.25, -0.2) is 9.78 Å². The molecule has 1 fully saturated rings. The Morgan fingerprint density at radius 2 is 1.90 bits per heavy atom. The number of nitrogens with zero attached hydrogens (tertiary/aromatic N) is 1. The topological polar surface area (TPSA) is 113 Å². The van der Waals surface area contributed by atoms with Crippen LogP contribution in [0.15, 0.2) is 59.0 Å². The highest BCUT2D eigenvalue weighted by molar-refractivity contribution is 6.07. The van der Waals surface area contributed by atoms with Gasteiger partial charge in [0.15, 0.2) is 0 Å². The summed E-state index contributed by atoms with van der Waals surface area (Å²) in [5, 5.41) is 7.64. The first kappa shape index (κ1) is 19.4. The summed E-state index contributed by atoms with van der Waals surface area (Å²) in [5.74, 6) is 0.334. The molecule has 0 spiro atoms. The van der Waals surface area contributed by atoms with E-state index < -0.39 is 17.5 Å². The van der Waals surface area contributed by atoms with Gasteiger partial charge in [-0.05, 0) is 43.7 Å². The average molecular weight is 404 g/mol. The number of benzene rings is 2. The summed E-state index contributed by atoms with van der Waals surface area (Å²) in [6.45, 7) is 3.38. The van der Waals surface area contributed by atoms with E-state index in [4.69, 9.17) is 4.42 Å². The number of hydrogen-bond acceptors (Lipinski definition) is 5. The van der Waals surface area contributed by atoms with Crippen molar-refractivity contribution in [2.75, 3.05) is 5.32 Å². The highest BCUT2D eigenvalue weighted by Crippen LogP contribution is 2.27. The zero-order valence-electron chi connectivity index (χ0n) is 16.5. The molecule has 0 unspecified atom stereocenters. The van der Waals surface area contributed by atoms with E-state index in [1.165, 1.54) is 0 Å². The van der Waals surface area contributed by atoms with E-state index in [9.17, 15) is 14.4 Å². The van der Waals surface area contributed by atoms with Crippen LogP contribution in [0.1, 0.15) is 23.9 Å². The van der Waals surface area contributed by atoms with Crippen LogP contribution in [0.25, 0.3) is 11.5 Å². The predicted molar refractivity (Wildman–Crippen MR) is 109 cm³/mol. The van der Waals surface area contributed by atoms with Gasteiger partial charge in [-0.2, -0.15) is 0 Å². The summed E-state index contributed by atoms with van der Waals surface area (Å²) >= 11 is 0. The molecule has 8 nitrogen and oxygen atoms in total. The van der Waals surface area contributed by atoms with Crippen LogP contribution in [-0.2, 0) is 21.5 Å². The minimum absolute atomic E-state index is 0.0425. The molecule has 152 valence electrons. The van der Waals surface area contributed by atoms with Crippen LogP contribution in [0.2, 0.25) is 0 Å². The predicted octanol–water partition coefficient (Wildman–Crippen LogP) is 2.89. The summed E-state index contributed by atoms with van der Waals surface area (Å²) in [7, 11) is 0. The number of rotatable bonds is 5. The van der Waals surface area contributed by atoms with Crippen LogP contribution >= 0.6 is 0 Å². The van der Waals surface area contributed by atoms with Gasteiger partial charge < -0.3 is 15.1 Å². The Labute approximate surface area is 172 Å². The molecule has 0 radical (unpaired) electrons. The first-order valence-corrected chi connectivity index (χ1v) is 9.41. The lowest BCUT2D eigenvalue weighted by Crippen LogP contribution is -2.40. The summed E-state index contributed by atoms with van der Waals surface area (Å²) < 4.78 is 5.70. The van der Waals surface area contributed by atoms with Crippen LogP contribution in [0.5, 0.6) is 0 Å². The van der Waals surface area contributed by atoms with Crippen molar-refractivity contribution in [2.45, 2.75) is 25.8 Å². The number of urea groups is 1. The van der Waals surface area contributed by atoms with E-state index in [0.29, 0.717) is 28.6 Å². The van der Waals surface area contributed by atoms with Crippen molar-refractivity contribution in [3.8, 4) is 11.5 Å². The monoisotopic (exact) mass is 404 g/mol. The molecule has 3 N–H and O–H groups in total. The van der Waals surface area contributed by atoms with E-state index in [0.717, 1.165) is 5.56 Å². The van der Waals surface area contributed by atoms with Gasteiger partial charge in [0.25, 0.3) is 5.91 Å². The van der Waals surface area contributed by atoms with Crippen LogP contribution in [-0.4, -0.2) is 22.8 Å². The van der Waals surface area contributed by atoms with Crippen molar-refractivity contribution >= 4 is 23.5 Å². The maximum atomic E-state index is 12.6. The standard InChI is InChI=1S/C22H20N4O4/c1-13-17(24-19(30-13)14-7-4-3-5-8-14)12-18(27)23-16-10-6-9-15(11-16)22(2)20(28)25-21(29)26-22/h3-11H,12H2,1-2H3,(H,23,27)(H2,25,26,28,29)/t22-/m0/s1. The molecule has 2 aromatic carbocycles. The minimum Gasteiger partial charge on any atom is -0.441 e. The van der Waals surface area contributed by atoms with Crippen molar-refractivity contribution in [1.29, 1.82) is 0 Å². The second kappa shape index (κ2) is 7.47. The lowest BCUT2D eigenvalue weighted by molar-refractivity contribution is -0.123. The smallest absolute Gasteiger partial charge is 0.322 e. The number of oxazole rings is 1. The van der Waals surface area contributed by atoms with Gasteiger partial charge in [-0.1, -0.05) is 30.3 Å². The van der Waals surface area contributed by atoms with Crippen molar-refractivity contribution in [3.63, 3.8) is 0 Å². The van der Waals surface area contributed by atoms with Crippen LogP contribution in [0.3, 0.4) is 0 Å². The summed E-state index contributed by atoms with van der Waals surface area (Å²) in [6, 6.07) is 15.7. The summed E-state index contributed by atoms with van der Waals surface area (Å²) in [6.07, 6.45) is 0.0425. The number of anilines is 1. The van der Waals surface area contributed by atoms with Crippen LogP contribution < -0.4 is 16.0 Å². The molecule has 1 aliphatic rings. The number of aromatic nitrogens is 1. The van der Waals surface area contributed by atoms with Crippen LogP contribution in [0.4, 0.5) is 10.5 Å². The molecule has 30 heavy (non-hydrogen) atoms. The van der Waals surface area contributed by atoms with E-state index in [2.05, 4.69) is 20.9 Å².